The standard InChI is InChI=1S/C18H26N6O2/c1-5-7-11-16(26-21-13(3)4)18(25)19-15-10-8-9-14(12-15)17-20-22-23-24(17)6-2/h8-10,12,16H,5-7,11H2,1-4H3,(H,19,25). The summed E-state index contributed by atoms with van der Waals surface area (Å²) in [4.78, 5) is 18.0. The number of carbonyl (C=O) groups is 1. The zero-order valence-electron chi connectivity index (χ0n) is 15.8. The lowest BCUT2D eigenvalue weighted by Crippen LogP contribution is -2.29. The normalized spacial score (nSPS) is 11.7. The largest absolute Gasteiger partial charge is 0.382 e. The maximum atomic E-state index is 12.6. The predicted molar refractivity (Wildman–Crippen MR) is 101 cm³/mol. The molecule has 0 spiro atoms. The summed E-state index contributed by atoms with van der Waals surface area (Å²) in [5, 5.41) is 18.5. The Hall–Kier alpha value is -2.77. The van der Waals surface area contributed by atoms with Crippen molar-refractivity contribution < 1.29 is 9.63 Å². The average molecular weight is 358 g/mol. The quantitative estimate of drug-likeness (QED) is 0.548. The molecule has 0 saturated heterocycles. The minimum Gasteiger partial charge on any atom is -0.382 e. The van der Waals surface area contributed by atoms with Gasteiger partial charge in [-0.3, -0.25) is 4.79 Å². The summed E-state index contributed by atoms with van der Waals surface area (Å²) in [5.41, 5.74) is 2.27. The monoisotopic (exact) mass is 358 g/mol. The van der Waals surface area contributed by atoms with Crippen LogP contribution in [0.5, 0.6) is 0 Å². The Labute approximate surface area is 153 Å². The van der Waals surface area contributed by atoms with Crippen LogP contribution in [0.25, 0.3) is 11.4 Å². The van der Waals surface area contributed by atoms with Crippen molar-refractivity contribution in [3.05, 3.63) is 24.3 Å². The number of aromatic nitrogens is 4. The third-order valence-electron chi connectivity index (χ3n) is 3.69. The third kappa shape index (κ3) is 5.37. The van der Waals surface area contributed by atoms with Crippen LogP contribution in [-0.2, 0) is 16.2 Å². The highest BCUT2D eigenvalue weighted by atomic mass is 16.6. The van der Waals surface area contributed by atoms with E-state index in [0.29, 0.717) is 24.5 Å². The number of anilines is 1. The molecule has 1 N–H and O–H groups in total. The van der Waals surface area contributed by atoms with Gasteiger partial charge in [-0.05, 0) is 56.2 Å². The molecule has 8 nitrogen and oxygen atoms in total. The lowest BCUT2D eigenvalue weighted by molar-refractivity contribution is -0.127. The molecule has 1 atom stereocenters. The fraction of sp³-hybridized carbons (Fsp3) is 0.500. The van der Waals surface area contributed by atoms with E-state index in [2.05, 4.69) is 32.9 Å². The fourth-order valence-corrected chi connectivity index (χ4v) is 2.37. The summed E-state index contributed by atoms with van der Waals surface area (Å²) < 4.78 is 1.70. The molecule has 26 heavy (non-hydrogen) atoms. The van der Waals surface area contributed by atoms with E-state index in [1.54, 1.807) is 4.68 Å². The highest BCUT2D eigenvalue weighted by Crippen LogP contribution is 2.21. The van der Waals surface area contributed by atoms with E-state index in [0.717, 1.165) is 24.1 Å². The number of rotatable bonds is 9. The van der Waals surface area contributed by atoms with Gasteiger partial charge in [-0.25, -0.2) is 4.68 Å². The van der Waals surface area contributed by atoms with E-state index >= 15 is 0 Å². The van der Waals surface area contributed by atoms with E-state index < -0.39 is 6.10 Å². The molecule has 2 rings (SSSR count). The van der Waals surface area contributed by atoms with Crippen LogP contribution < -0.4 is 5.32 Å². The van der Waals surface area contributed by atoms with Gasteiger partial charge in [-0.15, -0.1) is 5.10 Å². The summed E-state index contributed by atoms with van der Waals surface area (Å²) in [7, 11) is 0. The van der Waals surface area contributed by atoms with Crippen LogP contribution in [0.2, 0.25) is 0 Å². The molecule has 1 aromatic heterocycles. The number of amides is 1. The molecule has 0 aliphatic heterocycles. The summed E-state index contributed by atoms with van der Waals surface area (Å²) in [5.74, 6) is 0.448. The molecule has 1 unspecified atom stereocenters. The highest BCUT2D eigenvalue weighted by Gasteiger charge is 2.20. The molecule has 140 valence electrons. The van der Waals surface area contributed by atoms with Crippen LogP contribution in [0.3, 0.4) is 0 Å². The first-order valence-electron chi connectivity index (χ1n) is 8.89. The van der Waals surface area contributed by atoms with Gasteiger partial charge in [0.25, 0.3) is 5.91 Å². The van der Waals surface area contributed by atoms with Crippen molar-refractivity contribution in [3.63, 3.8) is 0 Å². The molecule has 0 aliphatic rings. The molecule has 1 heterocycles. The van der Waals surface area contributed by atoms with Crippen molar-refractivity contribution in [2.45, 2.75) is 59.6 Å². The maximum Gasteiger partial charge on any atom is 0.268 e. The van der Waals surface area contributed by atoms with Gasteiger partial charge in [-0.1, -0.05) is 30.6 Å². The van der Waals surface area contributed by atoms with Crippen LogP contribution in [0, 0.1) is 0 Å². The predicted octanol–water partition coefficient (Wildman–Crippen LogP) is 3.27. The van der Waals surface area contributed by atoms with Crippen LogP contribution in [0.4, 0.5) is 5.69 Å². The van der Waals surface area contributed by atoms with Crippen molar-refractivity contribution in [2.75, 3.05) is 5.32 Å². The lowest BCUT2D eigenvalue weighted by Gasteiger charge is -2.15. The number of unbranched alkanes of at least 4 members (excludes halogenated alkanes) is 1. The smallest absolute Gasteiger partial charge is 0.268 e. The maximum absolute atomic E-state index is 12.6. The van der Waals surface area contributed by atoms with Crippen molar-refractivity contribution >= 4 is 17.3 Å². The number of aryl methyl sites for hydroxylation is 1. The van der Waals surface area contributed by atoms with Crippen molar-refractivity contribution in [2.24, 2.45) is 5.16 Å². The SMILES string of the molecule is CCCCC(ON=C(C)C)C(=O)Nc1cccc(-c2nnnn2CC)c1. The molecule has 0 radical (unpaired) electrons. The Morgan fingerprint density at radius 3 is 2.85 bits per heavy atom. The summed E-state index contributed by atoms with van der Waals surface area (Å²) in [6, 6.07) is 7.44. The Morgan fingerprint density at radius 1 is 1.35 bits per heavy atom. The Morgan fingerprint density at radius 2 is 2.15 bits per heavy atom. The van der Waals surface area contributed by atoms with Gasteiger partial charge in [0.15, 0.2) is 5.82 Å². The van der Waals surface area contributed by atoms with Gasteiger partial charge in [0.2, 0.25) is 6.10 Å². The number of tetrazole rings is 1. The van der Waals surface area contributed by atoms with Crippen molar-refractivity contribution in [1.29, 1.82) is 0 Å². The summed E-state index contributed by atoms with van der Waals surface area (Å²) in [6.45, 7) is 8.37. The Kier molecular flexibility index (Phi) is 7.25. The van der Waals surface area contributed by atoms with Crippen LogP contribution in [-0.4, -0.2) is 37.9 Å². The van der Waals surface area contributed by atoms with Crippen molar-refractivity contribution in [1.82, 2.24) is 20.2 Å². The van der Waals surface area contributed by atoms with Crippen LogP contribution in [0.1, 0.15) is 47.0 Å². The van der Waals surface area contributed by atoms with Gasteiger partial charge in [0, 0.05) is 17.8 Å². The molecule has 2 aromatic rings. The highest BCUT2D eigenvalue weighted by molar-refractivity contribution is 5.94. The first-order valence-corrected chi connectivity index (χ1v) is 8.89. The van der Waals surface area contributed by atoms with Crippen molar-refractivity contribution in [3.8, 4) is 11.4 Å². The lowest BCUT2D eigenvalue weighted by atomic mass is 10.1. The zero-order valence-corrected chi connectivity index (χ0v) is 15.8. The van der Waals surface area contributed by atoms with Crippen LogP contribution in [0.15, 0.2) is 29.4 Å². The van der Waals surface area contributed by atoms with Gasteiger partial charge in [0.05, 0.1) is 5.71 Å². The van der Waals surface area contributed by atoms with E-state index in [4.69, 9.17) is 4.84 Å². The molecule has 1 amide bonds. The number of nitrogens with zero attached hydrogens (tertiary/aromatic N) is 5. The van der Waals surface area contributed by atoms with E-state index in [9.17, 15) is 4.79 Å². The number of benzene rings is 1. The first-order chi connectivity index (χ1) is 12.5. The van der Waals surface area contributed by atoms with Gasteiger partial charge in [-0.2, -0.15) is 0 Å². The summed E-state index contributed by atoms with van der Waals surface area (Å²) in [6.07, 6.45) is 1.88. The van der Waals surface area contributed by atoms with Crippen LogP contribution >= 0.6 is 0 Å². The minimum atomic E-state index is -0.616. The second-order valence-corrected chi connectivity index (χ2v) is 6.16. The number of nitrogens with one attached hydrogen (secondary N) is 1. The molecular weight excluding hydrogens is 332 g/mol. The first kappa shape index (κ1) is 19.6. The third-order valence-corrected chi connectivity index (χ3v) is 3.69. The average Bonchev–Trinajstić information content (AvgIpc) is 3.10. The number of hydrogen-bond acceptors (Lipinski definition) is 6. The Bertz CT molecular complexity index is 752. The topological polar surface area (TPSA) is 94.3 Å². The van der Waals surface area contributed by atoms with Gasteiger partial charge >= 0.3 is 0 Å². The summed E-state index contributed by atoms with van der Waals surface area (Å²) >= 11 is 0. The van der Waals surface area contributed by atoms with E-state index in [1.165, 1.54) is 0 Å². The minimum absolute atomic E-state index is 0.212. The van der Waals surface area contributed by atoms with Gasteiger partial charge < -0.3 is 10.2 Å². The second kappa shape index (κ2) is 9.65. The second-order valence-electron chi connectivity index (χ2n) is 6.16. The molecule has 0 aliphatic carbocycles. The molecular formula is C18H26N6O2. The number of hydrogen-bond donors (Lipinski definition) is 1. The number of carbonyl (C=O) groups excluding carboxylic acids is 1. The molecule has 0 fully saturated rings. The molecule has 8 heteroatoms. The van der Waals surface area contributed by atoms with Gasteiger partial charge in [0.1, 0.15) is 0 Å². The Balaban J connectivity index is 2.14. The fourth-order valence-electron chi connectivity index (χ4n) is 2.37. The zero-order chi connectivity index (χ0) is 18.9. The molecule has 1 aromatic carbocycles. The van der Waals surface area contributed by atoms with E-state index in [1.807, 2.05) is 45.0 Å². The molecule has 0 bridgehead atoms. The van der Waals surface area contributed by atoms with E-state index in [-0.39, 0.29) is 5.91 Å². The molecule has 0 saturated carbocycles. The number of oxime groups is 1.